The van der Waals surface area contributed by atoms with Gasteiger partial charge in [0.25, 0.3) is 0 Å². The highest BCUT2D eigenvalue weighted by Gasteiger charge is 2.43. The quantitative estimate of drug-likeness (QED) is 0.568. The predicted molar refractivity (Wildman–Crippen MR) is 73.8 cm³/mol. The van der Waals surface area contributed by atoms with Crippen molar-refractivity contribution >= 4 is 11.7 Å². The molecular weight excluding hydrogens is 278 g/mol. The minimum atomic E-state index is -1.51. The molecule has 0 aliphatic carbocycles. The van der Waals surface area contributed by atoms with E-state index in [2.05, 4.69) is 5.32 Å². The van der Waals surface area contributed by atoms with Gasteiger partial charge < -0.3 is 30.1 Å². The number of hydrogen-bond donors (Lipinski definition) is 4. The number of carbonyl (C=O) groups excluding carboxylic acids is 1. The Bertz CT molecular complexity index is 508. The molecule has 0 unspecified atom stereocenters. The molecule has 0 aromatic heterocycles. The summed E-state index contributed by atoms with van der Waals surface area (Å²) in [4.78, 5) is 12.1. The van der Waals surface area contributed by atoms with Crippen molar-refractivity contribution in [3.63, 3.8) is 0 Å². The molecule has 7 heteroatoms. The third-order valence-corrected chi connectivity index (χ3v) is 3.45. The van der Waals surface area contributed by atoms with Gasteiger partial charge in [0.2, 0.25) is 6.29 Å². The number of anilines is 1. The maximum atomic E-state index is 12.1. The molecule has 1 aliphatic rings. The zero-order valence-electron chi connectivity index (χ0n) is 11.8. The van der Waals surface area contributed by atoms with Gasteiger partial charge in [-0.25, -0.2) is 4.79 Å². The second-order valence-electron chi connectivity index (χ2n) is 4.88. The van der Waals surface area contributed by atoms with Gasteiger partial charge >= 0.3 is 5.97 Å². The Morgan fingerprint density at radius 2 is 1.86 bits per heavy atom. The molecule has 21 heavy (non-hydrogen) atoms. The van der Waals surface area contributed by atoms with E-state index in [9.17, 15) is 20.1 Å². The molecule has 1 saturated heterocycles. The van der Waals surface area contributed by atoms with Crippen molar-refractivity contribution in [1.29, 1.82) is 0 Å². The molecule has 116 valence electrons. The zero-order valence-corrected chi connectivity index (χ0v) is 11.8. The van der Waals surface area contributed by atoms with E-state index in [0.29, 0.717) is 5.69 Å². The lowest BCUT2D eigenvalue weighted by Gasteiger charge is -2.38. The van der Waals surface area contributed by atoms with Crippen LogP contribution >= 0.6 is 0 Å². The van der Waals surface area contributed by atoms with Gasteiger partial charge in [-0.2, -0.15) is 0 Å². The zero-order chi connectivity index (χ0) is 15.6. The van der Waals surface area contributed by atoms with E-state index in [1.165, 1.54) is 6.92 Å². The summed E-state index contributed by atoms with van der Waals surface area (Å²) in [6.45, 7) is 1.52. The van der Waals surface area contributed by atoms with Crippen LogP contribution in [0.5, 0.6) is 0 Å². The van der Waals surface area contributed by atoms with Gasteiger partial charge in [-0.05, 0) is 19.1 Å². The summed E-state index contributed by atoms with van der Waals surface area (Å²) >= 11 is 0. The summed E-state index contributed by atoms with van der Waals surface area (Å²) in [6.07, 6.45) is -6.29. The number of carbonyl (C=O) groups is 1. The number of esters is 1. The monoisotopic (exact) mass is 297 g/mol. The van der Waals surface area contributed by atoms with Crippen LogP contribution in [0.25, 0.3) is 0 Å². The first-order valence-corrected chi connectivity index (χ1v) is 6.63. The Balaban J connectivity index is 2.12. The molecule has 0 spiro atoms. The maximum Gasteiger partial charge on any atom is 0.342 e. The molecule has 1 aromatic carbocycles. The number of rotatable bonds is 3. The van der Waals surface area contributed by atoms with Crippen LogP contribution in [0.3, 0.4) is 0 Å². The predicted octanol–water partition coefficient (Wildman–Crippen LogP) is -0.287. The summed E-state index contributed by atoms with van der Waals surface area (Å²) in [5.41, 5.74) is 0.852. The van der Waals surface area contributed by atoms with Crippen LogP contribution in [0.4, 0.5) is 5.69 Å². The molecule has 0 bridgehead atoms. The number of benzene rings is 1. The topological polar surface area (TPSA) is 108 Å². The number of hydrogen-bond acceptors (Lipinski definition) is 7. The highest BCUT2D eigenvalue weighted by molar-refractivity contribution is 5.95. The van der Waals surface area contributed by atoms with Gasteiger partial charge in [0, 0.05) is 12.7 Å². The lowest BCUT2D eigenvalue weighted by Crippen LogP contribution is -2.57. The summed E-state index contributed by atoms with van der Waals surface area (Å²) in [6, 6.07) is 6.71. The molecule has 1 aromatic rings. The fraction of sp³-hybridized carbons (Fsp3) is 0.500. The molecule has 1 fully saturated rings. The molecule has 0 saturated carbocycles. The van der Waals surface area contributed by atoms with E-state index in [4.69, 9.17) is 9.47 Å². The number of aliphatic hydroxyl groups is 3. The SMILES string of the molecule is CNc1ccccc1C(=O)O[C@@H]1O[C@H](C)[C@@H](O)[C@H](O)[C@@H]1O. The van der Waals surface area contributed by atoms with Crippen LogP contribution in [0.1, 0.15) is 17.3 Å². The first-order valence-electron chi connectivity index (χ1n) is 6.63. The van der Waals surface area contributed by atoms with Crippen molar-refractivity contribution in [3.05, 3.63) is 29.8 Å². The lowest BCUT2D eigenvalue weighted by molar-refractivity contribution is -0.276. The maximum absolute atomic E-state index is 12.1. The Hall–Kier alpha value is -1.67. The van der Waals surface area contributed by atoms with Gasteiger partial charge in [0.1, 0.15) is 18.3 Å². The average molecular weight is 297 g/mol. The van der Waals surface area contributed by atoms with Gasteiger partial charge in [0.15, 0.2) is 0 Å². The van der Waals surface area contributed by atoms with E-state index in [1.54, 1.807) is 31.3 Å². The number of para-hydroxylation sites is 1. The number of aliphatic hydroxyl groups excluding tert-OH is 3. The molecule has 1 heterocycles. The van der Waals surface area contributed by atoms with Crippen molar-refractivity contribution < 1.29 is 29.6 Å². The van der Waals surface area contributed by atoms with Crippen LogP contribution in [0.2, 0.25) is 0 Å². The van der Waals surface area contributed by atoms with Crippen molar-refractivity contribution in [2.24, 2.45) is 0 Å². The van der Waals surface area contributed by atoms with Gasteiger partial charge in [0.05, 0.1) is 11.7 Å². The first-order chi connectivity index (χ1) is 9.95. The fourth-order valence-corrected chi connectivity index (χ4v) is 2.16. The molecule has 0 amide bonds. The van der Waals surface area contributed by atoms with Crippen molar-refractivity contribution in [1.82, 2.24) is 0 Å². The van der Waals surface area contributed by atoms with Crippen LogP contribution in [0, 0.1) is 0 Å². The molecule has 1 aliphatic heterocycles. The van der Waals surface area contributed by atoms with Crippen molar-refractivity contribution in [3.8, 4) is 0 Å². The van der Waals surface area contributed by atoms with Crippen LogP contribution in [-0.4, -0.2) is 59.0 Å². The minimum Gasteiger partial charge on any atom is -0.429 e. The minimum absolute atomic E-state index is 0.282. The normalized spacial score (nSPS) is 32.5. The molecule has 0 radical (unpaired) electrons. The van der Waals surface area contributed by atoms with Crippen molar-refractivity contribution in [2.75, 3.05) is 12.4 Å². The van der Waals surface area contributed by atoms with E-state index < -0.39 is 36.7 Å². The van der Waals surface area contributed by atoms with Gasteiger partial charge in [-0.3, -0.25) is 0 Å². The Kier molecular flexibility index (Phi) is 4.79. The van der Waals surface area contributed by atoms with Crippen LogP contribution < -0.4 is 5.32 Å². The molecule has 7 nitrogen and oxygen atoms in total. The Labute approximate surface area is 122 Å². The Morgan fingerprint density at radius 1 is 1.19 bits per heavy atom. The molecular formula is C14H19NO6. The van der Waals surface area contributed by atoms with E-state index >= 15 is 0 Å². The highest BCUT2D eigenvalue weighted by atomic mass is 16.7. The summed E-state index contributed by atoms with van der Waals surface area (Å²) in [5.74, 6) is -0.695. The largest absolute Gasteiger partial charge is 0.429 e. The van der Waals surface area contributed by atoms with E-state index in [0.717, 1.165) is 0 Å². The van der Waals surface area contributed by atoms with E-state index in [-0.39, 0.29) is 5.56 Å². The molecule has 5 atom stereocenters. The smallest absolute Gasteiger partial charge is 0.342 e. The summed E-state index contributed by atoms with van der Waals surface area (Å²) < 4.78 is 10.3. The second kappa shape index (κ2) is 6.40. The fourth-order valence-electron chi connectivity index (χ4n) is 2.16. The second-order valence-corrected chi connectivity index (χ2v) is 4.88. The standard InChI is InChI=1S/C14H19NO6/c1-7-10(16)11(17)12(18)14(20-7)21-13(19)8-5-3-4-6-9(8)15-2/h3-7,10-12,14-18H,1-2H3/t7-,10-,11+,12+,14+/m1/s1. The molecule has 4 N–H and O–H groups in total. The molecule has 2 rings (SSSR count). The summed E-state index contributed by atoms with van der Waals surface area (Å²) in [7, 11) is 1.67. The van der Waals surface area contributed by atoms with Crippen molar-refractivity contribution in [2.45, 2.75) is 37.6 Å². The lowest BCUT2D eigenvalue weighted by atomic mass is 10.00. The summed E-state index contributed by atoms with van der Waals surface area (Å²) in [5, 5.41) is 31.9. The Morgan fingerprint density at radius 3 is 2.52 bits per heavy atom. The highest BCUT2D eigenvalue weighted by Crippen LogP contribution is 2.24. The third kappa shape index (κ3) is 3.16. The van der Waals surface area contributed by atoms with Gasteiger partial charge in [-0.15, -0.1) is 0 Å². The van der Waals surface area contributed by atoms with Gasteiger partial charge in [-0.1, -0.05) is 12.1 Å². The average Bonchev–Trinajstić information content (AvgIpc) is 2.50. The number of nitrogens with one attached hydrogen (secondary N) is 1. The van der Waals surface area contributed by atoms with E-state index in [1.807, 2.05) is 0 Å². The number of ether oxygens (including phenoxy) is 2. The van der Waals surface area contributed by atoms with Crippen LogP contribution in [-0.2, 0) is 9.47 Å². The third-order valence-electron chi connectivity index (χ3n) is 3.45. The first kappa shape index (κ1) is 15.7. The van der Waals surface area contributed by atoms with Crippen LogP contribution in [0.15, 0.2) is 24.3 Å².